The van der Waals surface area contributed by atoms with E-state index in [1.807, 2.05) is 11.5 Å². The van der Waals surface area contributed by atoms with Crippen molar-refractivity contribution in [2.45, 2.75) is 26.3 Å². The summed E-state index contributed by atoms with van der Waals surface area (Å²) in [6.45, 7) is 3.69. The topological polar surface area (TPSA) is 110 Å². The molecule has 1 aromatic heterocycles. The van der Waals surface area contributed by atoms with Gasteiger partial charge in [-0.25, -0.2) is 4.39 Å². The second-order valence-electron chi connectivity index (χ2n) is 6.10. The summed E-state index contributed by atoms with van der Waals surface area (Å²) >= 11 is 0. The zero-order valence-electron chi connectivity index (χ0n) is 16.1. The highest BCUT2D eigenvalue weighted by Crippen LogP contribution is 2.09. The number of primary amides is 1. The molecule has 0 spiro atoms. The second kappa shape index (κ2) is 12.3. The minimum atomic E-state index is -0.432. The van der Waals surface area contributed by atoms with E-state index in [9.17, 15) is 9.18 Å². The van der Waals surface area contributed by atoms with Crippen molar-refractivity contribution in [1.82, 2.24) is 25.4 Å². The summed E-state index contributed by atoms with van der Waals surface area (Å²) in [5.74, 6) is 0.341. The monoisotopic (exact) mass is 503 g/mol. The molecule has 2 aromatic rings. The van der Waals surface area contributed by atoms with E-state index in [1.165, 1.54) is 12.1 Å². The molecule has 2 rings (SSSR count). The first kappa shape index (κ1) is 23.8. The number of halogens is 2. The normalized spacial score (nSPS) is 12.2. The summed E-state index contributed by atoms with van der Waals surface area (Å²) in [5, 5.41) is 14.2. The molecule has 0 saturated carbocycles. The van der Waals surface area contributed by atoms with Crippen molar-refractivity contribution in [3.05, 3.63) is 47.8 Å². The number of nitrogens with two attached hydrogens (primary N) is 1. The fraction of sp³-hybridized carbons (Fsp3) is 0.444. The van der Waals surface area contributed by atoms with Gasteiger partial charge < -0.3 is 20.9 Å². The highest BCUT2D eigenvalue weighted by molar-refractivity contribution is 14.0. The van der Waals surface area contributed by atoms with Crippen LogP contribution in [0.5, 0.6) is 0 Å². The number of hydrogen-bond acceptors (Lipinski definition) is 4. The van der Waals surface area contributed by atoms with Crippen molar-refractivity contribution < 1.29 is 9.18 Å². The van der Waals surface area contributed by atoms with E-state index in [1.54, 1.807) is 25.5 Å². The smallest absolute Gasteiger partial charge is 0.222 e. The van der Waals surface area contributed by atoms with E-state index in [-0.39, 0.29) is 29.8 Å². The molecular weight excluding hydrogens is 476 g/mol. The van der Waals surface area contributed by atoms with Crippen LogP contribution in [0.3, 0.4) is 0 Å². The van der Waals surface area contributed by atoms with Gasteiger partial charge in [0.05, 0.1) is 5.92 Å². The molecule has 8 nitrogen and oxygen atoms in total. The fourth-order valence-electron chi connectivity index (χ4n) is 2.65. The molecule has 1 unspecified atom stereocenters. The Kier molecular flexibility index (Phi) is 10.4. The molecule has 1 amide bonds. The molecule has 0 radical (unpaired) electrons. The molecule has 0 aliphatic rings. The number of nitrogens with zero attached hydrogens (tertiary/aromatic N) is 4. The Bertz CT molecular complexity index is 764. The molecule has 0 bridgehead atoms. The van der Waals surface area contributed by atoms with Crippen LogP contribution < -0.4 is 16.4 Å². The van der Waals surface area contributed by atoms with E-state index in [0.717, 1.165) is 17.8 Å². The van der Waals surface area contributed by atoms with Crippen LogP contribution >= 0.6 is 24.0 Å². The third-order valence-corrected chi connectivity index (χ3v) is 4.19. The summed E-state index contributed by atoms with van der Waals surface area (Å²) < 4.78 is 15.0. The molecule has 10 heteroatoms. The lowest BCUT2D eigenvalue weighted by Crippen LogP contribution is -2.43. The van der Waals surface area contributed by atoms with Crippen molar-refractivity contribution in [1.29, 1.82) is 0 Å². The number of carbonyl (C=O) groups excluding carboxylic acids is 1. The van der Waals surface area contributed by atoms with Crippen molar-refractivity contribution in [3.8, 4) is 0 Å². The third-order valence-electron chi connectivity index (χ3n) is 4.19. The van der Waals surface area contributed by atoms with Gasteiger partial charge in [0.2, 0.25) is 5.91 Å². The lowest BCUT2D eigenvalue weighted by Gasteiger charge is -2.17. The van der Waals surface area contributed by atoms with Crippen molar-refractivity contribution >= 4 is 35.8 Å². The zero-order chi connectivity index (χ0) is 19.6. The number of aromatic nitrogens is 3. The van der Waals surface area contributed by atoms with Crippen LogP contribution in [0.2, 0.25) is 0 Å². The first-order valence-corrected chi connectivity index (χ1v) is 8.88. The maximum absolute atomic E-state index is 13.0. The van der Waals surface area contributed by atoms with E-state index in [4.69, 9.17) is 5.73 Å². The number of guanidine groups is 1. The number of aliphatic imine (C=N–C) groups is 1. The van der Waals surface area contributed by atoms with Crippen molar-refractivity contribution in [2.24, 2.45) is 16.6 Å². The molecule has 4 N–H and O–H groups in total. The Hall–Kier alpha value is -2.24. The van der Waals surface area contributed by atoms with Gasteiger partial charge in [-0.2, -0.15) is 0 Å². The Labute approximate surface area is 181 Å². The lowest BCUT2D eigenvalue weighted by molar-refractivity contribution is -0.121. The van der Waals surface area contributed by atoms with E-state index in [0.29, 0.717) is 32.0 Å². The van der Waals surface area contributed by atoms with Crippen LogP contribution in [0.15, 0.2) is 35.6 Å². The van der Waals surface area contributed by atoms with E-state index in [2.05, 4.69) is 25.8 Å². The number of benzene rings is 1. The molecular formula is C18H27FIN7O. The minimum absolute atomic E-state index is 0. The van der Waals surface area contributed by atoms with Crippen LogP contribution in [0.4, 0.5) is 4.39 Å². The van der Waals surface area contributed by atoms with E-state index < -0.39 is 11.8 Å². The molecule has 0 aliphatic heterocycles. The predicted molar refractivity (Wildman–Crippen MR) is 117 cm³/mol. The molecule has 1 atom stereocenters. The molecule has 0 saturated heterocycles. The number of aryl methyl sites for hydroxylation is 1. The Morgan fingerprint density at radius 3 is 2.64 bits per heavy atom. The second-order valence-corrected chi connectivity index (χ2v) is 6.10. The van der Waals surface area contributed by atoms with Crippen LogP contribution in [0.1, 0.15) is 18.3 Å². The van der Waals surface area contributed by atoms with Crippen LogP contribution in [0, 0.1) is 11.7 Å². The average molecular weight is 503 g/mol. The van der Waals surface area contributed by atoms with Crippen molar-refractivity contribution in [3.63, 3.8) is 0 Å². The largest absolute Gasteiger partial charge is 0.369 e. The van der Waals surface area contributed by atoms with Crippen LogP contribution in [-0.4, -0.2) is 46.8 Å². The SMILES string of the molecule is CCc1nncn1CCNC(=NC)NCC(Cc1ccc(F)cc1)C(N)=O.I. The number of carbonyl (C=O) groups is 1. The average Bonchev–Trinajstić information content (AvgIpc) is 3.12. The van der Waals surface area contributed by atoms with Gasteiger partial charge in [0.15, 0.2) is 5.96 Å². The molecule has 0 fully saturated rings. The molecule has 154 valence electrons. The number of amides is 1. The number of hydrogen-bond donors (Lipinski definition) is 3. The highest BCUT2D eigenvalue weighted by atomic mass is 127. The van der Waals surface area contributed by atoms with Gasteiger partial charge in [0.1, 0.15) is 18.0 Å². The van der Waals surface area contributed by atoms with Gasteiger partial charge in [-0.15, -0.1) is 34.2 Å². The number of rotatable bonds is 9. The van der Waals surface area contributed by atoms with Crippen LogP contribution in [0.25, 0.3) is 0 Å². The van der Waals surface area contributed by atoms with Gasteiger partial charge in [0, 0.05) is 33.1 Å². The molecule has 28 heavy (non-hydrogen) atoms. The van der Waals surface area contributed by atoms with Gasteiger partial charge in [-0.3, -0.25) is 9.79 Å². The molecule has 0 aliphatic carbocycles. The standard InChI is InChI=1S/C18H26FN7O.HI/c1-3-16-25-24-12-26(16)9-8-22-18(21-2)23-11-14(17(20)27)10-13-4-6-15(19)7-5-13;/h4-7,12,14H,3,8-11H2,1-2H3,(H2,20,27)(H2,21,22,23);1H. The van der Waals surface area contributed by atoms with Gasteiger partial charge in [0.25, 0.3) is 0 Å². The predicted octanol–water partition coefficient (Wildman–Crippen LogP) is 1.11. The number of nitrogens with one attached hydrogen (secondary N) is 2. The maximum atomic E-state index is 13.0. The molecule has 1 heterocycles. The first-order chi connectivity index (χ1) is 13.0. The summed E-state index contributed by atoms with van der Waals surface area (Å²) in [6, 6.07) is 6.05. The summed E-state index contributed by atoms with van der Waals surface area (Å²) in [7, 11) is 1.66. The zero-order valence-corrected chi connectivity index (χ0v) is 18.4. The lowest BCUT2D eigenvalue weighted by atomic mass is 9.98. The van der Waals surface area contributed by atoms with Gasteiger partial charge in [-0.1, -0.05) is 19.1 Å². The summed E-state index contributed by atoms with van der Waals surface area (Å²) in [6.07, 6.45) is 2.94. The fourth-order valence-corrected chi connectivity index (χ4v) is 2.65. The molecule has 1 aromatic carbocycles. The Morgan fingerprint density at radius 1 is 1.32 bits per heavy atom. The van der Waals surface area contributed by atoms with Crippen molar-refractivity contribution in [2.75, 3.05) is 20.1 Å². The summed E-state index contributed by atoms with van der Waals surface area (Å²) in [5.41, 5.74) is 6.36. The van der Waals surface area contributed by atoms with Gasteiger partial charge >= 0.3 is 0 Å². The van der Waals surface area contributed by atoms with E-state index >= 15 is 0 Å². The van der Waals surface area contributed by atoms with Gasteiger partial charge in [-0.05, 0) is 24.1 Å². The highest BCUT2D eigenvalue weighted by Gasteiger charge is 2.16. The quantitative estimate of drug-likeness (QED) is 0.270. The Balaban J connectivity index is 0.00000392. The summed E-state index contributed by atoms with van der Waals surface area (Å²) in [4.78, 5) is 15.9. The minimum Gasteiger partial charge on any atom is -0.369 e. The van der Waals surface area contributed by atoms with Crippen LogP contribution in [-0.2, 0) is 24.2 Å². The third kappa shape index (κ3) is 7.41. The first-order valence-electron chi connectivity index (χ1n) is 8.88. The maximum Gasteiger partial charge on any atom is 0.222 e. The Morgan fingerprint density at radius 2 is 2.04 bits per heavy atom.